The van der Waals surface area contributed by atoms with Crippen LogP contribution < -0.4 is 13.6 Å². The summed E-state index contributed by atoms with van der Waals surface area (Å²) >= 11 is 15.0. The van der Waals surface area contributed by atoms with Crippen molar-refractivity contribution >= 4 is 46.5 Å². The van der Waals surface area contributed by atoms with Gasteiger partial charge in [-0.15, -0.1) is 37.9 Å². The van der Waals surface area contributed by atoms with E-state index in [9.17, 15) is 0 Å². The third kappa shape index (κ3) is 12.9. The van der Waals surface area contributed by atoms with Crippen molar-refractivity contribution < 1.29 is 13.6 Å². The summed E-state index contributed by atoms with van der Waals surface area (Å²) in [6.07, 6.45) is 0. The Hall–Kier alpha value is -3.80. The van der Waals surface area contributed by atoms with Crippen molar-refractivity contribution in [1.82, 2.24) is 0 Å². The van der Waals surface area contributed by atoms with E-state index in [0.29, 0.717) is 0 Å². The Kier molecular flexibility index (Phi) is 16.5. The van der Waals surface area contributed by atoms with Crippen LogP contribution in [0.15, 0.2) is 87.5 Å². The lowest BCUT2D eigenvalue weighted by atomic mass is 9.78. The zero-order valence-electron chi connectivity index (χ0n) is 48.9. The van der Waals surface area contributed by atoms with Gasteiger partial charge in [-0.25, -0.2) is 0 Å². The Morgan fingerprint density at radius 2 is 0.507 bits per heavy atom. The van der Waals surface area contributed by atoms with Gasteiger partial charge in [-0.1, -0.05) is 143 Å². The maximum absolute atomic E-state index is 7.58. The zero-order chi connectivity index (χ0) is 55.0. The molecule has 0 saturated carbocycles. The molecule has 0 fully saturated rings. The SMILES string of the molecule is Cc1cc(OP(Oc2cc(C)cc(-c3cc(C(C)(C)C)c(S)cc3C)c2C(C)(C)C)Oc2cc(C)cc(-c3cc(C(C)(C)C)c(S)cc3C)c2C(C)(C)C)c(C(C)(C)C)c(-c2cc(C(C)(C)C)c(S)cc2C)c1. The number of aryl methyl sites for hydroxylation is 6. The fourth-order valence-electron chi connectivity index (χ4n) is 10.5. The number of hydrogen-bond donors (Lipinski definition) is 3. The van der Waals surface area contributed by atoms with Crippen molar-refractivity contribution in [2.45, 2.75) is 213 Å². The first kappa shape index (κ1) is 58.5. The molecule has 0 aliphatic rings. The third-order valence-electron chi connectivity index (χ3n) is 13.8. The molecule has 0 aromatic heterocycles. The summed E-state index contributed by atoms with van der Waals surface area (Å²) in [6, 6.07) is 27.1. The number of hydrogen-bond acceptors (Lipinski definition) is 6. The minimum absolute atomic E-state index is 0.112. The monoisotopic (exact) mass is 1050 g/mol. The van der Waals surface area contributed by atoms with E-state index >= 15 is 0 Å². The van der Waals surface area contributed by atoms with Gasteiger partial charge in [0.2, 0.25) is 0 Å². The van der Waals surface area contributed by atoms with Crippen LogP contribution in [-0.4, -0.2) is 0 Å². The highest BCUT2D eigenvalue weighted by atomic mass is 32.1. The molecule has 6 aromatic rings. The maximum Gasteiger partial charge on any atom is 0.530 e. The minimum atomic E-state index is -2.21. The largest absolute Gasteiger partial charge is 0.530 e. The fraction of sp³-hybridized carbons (Fsp3) is 0.455. The van der Waals surface area contributed by atoms with Crippen molar-refractivity contribution in [2.75, 3.05) is 0 Å². The quantitative estimate of drug-likeness (QED) is 0.0995. The molecule has 0 aliphatic heterocycles. The van der Waals surface area contributed by atoms with Crippen molar-refractivity contribution in [2.24, 2.45) is 0 Å². The summed E-state index contributed by atoms with van der Waals surface area (Å²) in [5, 5.41) is 0. The Labute approximate surface area is 460 Å². The van der Waals surface area contributed by atoms with Gasteiger partial charge in [0.1, 0.15) is 17.2 Å². The normalized spacial score (nSPS) is 13.0. The lowest BCUT2D eigenvalue weighted by Crippen LogP contribution is -2.19. The molecule has 0 N–H and O–H groups in total. The van der Waals surface area contributed by atoms with Gasteiger partial charge in [-0.2, -0.15) is 0 Å². The van der Waals surface area contributed by atoms with Crippen LogP contribution >= 0.6 is 46.5 Å². The smallest absolute Gasteiger partial charge is 0.408 e. The molecule has 6 rings (SSSR count). The van der Waals surface area contributed by atoms with E-state index in [0.717, 1.165) is 98.7 Å². The lowest BCUT2D eigenvalue weighted by molar-refractivity contribution is 0.373. The average molecular weight is 1060 g/mol. The van der Waals surface area contributed by atoms with Crippen LogP contribution in [0.1, 0.15) is 191 Å². The molecular weight excluding hydrogens is 968 g/mol. The highest BCUT2D eigenvalue weighted by molar-refractivity contribution is 7.80. The van der Waals surface area contributed by atoms with E-state index in [1.54, 1.807) is 0 Å². The minimum Gasteiger partial charge on any atom is -0.408 e. The number of thiol groups is 3. The van der Waals surface area contributed by atoms with Crippen LogP contribution in [0, 0.1) is 41.5 Å². The molecule has 0 aliphatic carbocycles. The van der Waals surface area contributed by atoms with E-state index in [1.807, 2.05) is 0 Å². The molecule has 0 unspecified atom stereocenters. The predicted octanol–water partition coefficient (Wildman–Crippen LogP) is 21.0. The molecule has 0 atom stereocenters. The maximum atomic E-state index is 7.58. The molecule has 0 saturated heterocycles. The van der Waals surface area contributed by atoms with Gasteiger partial charge in [0.15, 0.2) is 0 Å². The Balaban J connectivity index is 1.71. The summed E-state index contributed by atoms with van der Waals surface area (Å²) in [4.78, 5) is 2.99. The molecule has 0 bridgehead atoms. The van der Waals surface area contributed by atoms with Gasteiger partial charge in [0, 0.05) is 31.4 Å². The van der Waals surface area contributed by atoms with Crippen molar-refractivity contribution in [3.05, 3.63) is 140 Å². The van der Waals surface area contributed by atoms with Gasteiger partial charge < -0.3 is 13.6 Å². The topological polar surface area (TPSA) is 27.7 Å². The van der Waals surface area contributed by atoms with Crippen molar-refractivity contribution in [1.29, 1.82) is 0 Å². The first-order chi connectivity index (χ1) is 33.2. The fourth-order valence-corrected chi connectivity index (χ4v) is 13.3. The molecular formula is C66H87O3PS3. The van der Waals surface area contributed by atoms with Crippen molar-refractivity contribution in [3.8, 4) is 50.6 Å². The number of benzene rings is 6. The second-order valence-corrected chi connectivity index (χ2v) is 29.5. The molecule has 0 amide bonds. The Morgan fingerprint density at radius 3 is 0.699 bits per heavy atom. The summed E-state index contributed by atoms with van der Waals surface area (Å²) in [5.41, 5.74) is 19.1. The molecule has 0 heterocycles. The second-order valence-electron chi connectivity index (χ2n) is 27.1. The molecule has 0 radical (unpaired) electrons. The average Bonchev–Trinajstić information content (AvgIpc) is 3.17. The van der Waals surface area contributed by atoms with E-state index in [4.69, 9.17) is 51.5 Å². The molecule has 0 spiro atoms. The standard InChI is InChI=1S/C66H87O3PS3/c1-37-25-46(43-34-49(61(7,8)9)55(71)31-40(43)4)58(64(16,17)18)52(28-37)67-70(68-53-29-38(2)26-47(59(53)65(19,20)21)44-35-50(62(10,11)12)56(72)32-41(44)5)69-54-30-39(3)27-48(60(54)66(22,23)24)45-36-51(63(13,14)15)57(73)33-42(45)6/h25-36,71-73H,1-24H3. The molecule has 392 valence electrons. The summed E-state index contributed by atoms with van der Waals surface area (Å²) < 4.78 is 22.7. The van der Waals surface area contributed by atoms with Gasteiger partial charge >= 0.3 is 8.60 Å². The number of rotatable bonds is 9. The van der Waals surface area contributed by atoms with Crippen molar-refractivity contribution in [3.63, 3.8) is 0 Å². The van der Waals surface area contributed by atoms with E-state index < -0.39 is 8.60 Å². The highest BCUT2D eigenvalue weighted by Gasteiger charge is 2.36. The highest BCUT2D eigenvalue weighted by Crippen LogP contribution is 2.55. The van der Waals surface area contributed by atoms with Crippen LogP contribution in [0.2, 0.25) is 0 Å². The third-order valence-corrected chi connectivity index (χ3v) is 16.0. The first-order valence-electron chi connectivity index (χ1n) is 26.0. The van der Waals surface area contributed by atoms with E-state index in [2.05, 4.69) is 239 Å². The summed E-state index contributed by atoms with van der Waals surface area (Å²) in [6.45, 7) is 53.8. The van der Waals surface area contributed by atoms with Crippen LogP contribution in [0.25, 0.3) is 33.4 Å². The Morgan fingerprint density at radius 1 is 0.288 bits per heavy atom. The van der Waals surface area contributed by atoms with E-state index in [-0.39, 0.29) is 32.5 Å². The van der Waals surface area contributed by atoms with Crippen LogP contribution in [0.4, 0.5) is 0 Å². The van der Waals surface area contributed by atoms with E-state index in [1.165, 1.54) is 33.4 Å². The first-order valence-corrected chi connectivity index (χ1v) is 28.4. The molecule has 3 nitrogen and oxygen atoms in total. The van der Waals surface area contributed by atoms with Gasteiger partial charge in [0.25, 0.3) is 0 Å². The van der Waals surface area contributed by atoms with Gasteiger partial charge in [0.05, 0.1) is 0 Å². The molecule has 6 aromatic carbocycles. The van der Waals surface area contributed by atoms with Crippen LogP contribution in [-0.2, 0) is 32.5 Å². The molecule has 7 heteroatoms. The summed E-state index contributed by atoms with van der Waals surface area (Å²) in [7, 11) is -2.21. The predicted molar refractivity (Wildman–Crippen MR) is 327 cm³/mol. The zero-order valence-corrected chi connectivity index (χ0v) is 52.5. The Bertz CT molecular complexity index is 2750. The lowest BCUT2D eigenvalue weighted by Gasteiger charge is -2.32. The summed E-state index contributed by atoms with van der Waals surface area (Å²) in [5.74, 6) is 2.21. The van der Waals surface area contributed by atoms with Crippen LogP contribution in [0.3, 0.4) is 0 Å². The van der Waals surface area contributed by atoms with Gasteiger partial charge in [-0.3, -0.25) is 0 Å². The molecule has 73 heavy (non-hydrogen) atoms. The van der Waals surface area contributed by atoms with Crippen LogP contribution in [0.5, 0.6) is 17.2 Å². The van der Waals surface area contributed by atoms with Gasteiger partial charge in [-0.05, 0) is 212 Å². The second kappa shape index (κ2) is 20.6.